The topological polar surface area (TPSA) is 111 Å². The molecule has 0 aliphatic heterocycles. The van der Waals surface area contributed by atoms with Crippen LogP contribution in [0.25, 0.3) is 11.2 Å². The van der Waals surface area contributed by atoms with E-state index in [-0.39, 0.29) is 36.6 Å². The molecular formula is C18H20BrN5O4. The Morgan fingerprint density at radius 3 is 2.68 bits per heavy atom. The van der Waals surface area contributed by atoms with Crippen molar-refractivity contribution in [1.82, 2.24) is 24.0 Å². The molecule has 3 aromatic rings. The molecule has 0 radical (unpaired) electrons. The van der Waals surface area contributed by atoms with Gasteiger partial charge in [0.05, 0.1) is 13.0 Å². The zero-order chi connectivity index (χ0) is 20.4. The van der Waals surface area contributed by atoms with E-state index in [1.807, 2.05) is 24.3 Å². The second-order valence-corrected chi connectivity index (χ2v) is 7.29. The number of aryl methyl sites for hydroxylation is 1. The highest BCUT2D eigenvalue weighted by Gasteiger charge is 2.20. The minimum Gasteiger partial charge on any atom is -0.395 e. The average Bonchev–Trinajstić information content (AvgIpc) is 3.01. The number of fused-ring (bicyclic) bond motifs is 1. The zero-order valence-electron chi connectivity index (χ0n) is 15.5. The molecule has 3 rings (SSSR count). The van der Waals surface area contributed by atoms with Crippen molar-refractivity contribution in [2.45, 2.75) is 13.0 Å². The molecule has 1 amide bonds. The summed E-state index contributed by atoms with van der Waals surface area (Å²) in [5.74, 6) is 0.0328. The van der Waals surface area contributed by atoms with Gasteiger partial charge in [0.2, 0.25) is 5.91 Å². The summed E-state index contributed by atoms with van der Waals surface area (Å²) in [5, 5.41) is 11.5. The third-order valence-electron chi connectivity index (χ3n) is 4.41. The van der Waals surface area contributed by atoms with Gasteiger partial charge in [-0.05, 0) is 17.7 Å². The largest absolute Gasteiger partial charge is 0.395 e. The van der Waals surface area contributed by atoms with Gasteiger partial charge in [-0.3, -0.25) is 18.7 Å². The van der Waals surface area contributed by atoms with E-state index in [9.17, 15) is 14.4 Å². The summed E-state index contributed by atoms with van der Waals surface area (Å²) in [4.78, 5) is 41.6. The Labute approximate surface area is 168 Å². The van der Waals surface area contributed by atoms with Gasteiger partial charge in [0, 0.05) is 31.7 Å². The van der Waals surface area contributed by atoms with Gasteiger partial charge in [-0.2, -0.15) is 0 Å². The predicted octanol–water partition coefficient (Wildman–Crippen LogP) is -0.104. The Balaban J connectivity index is 2.19. The van der Waals surface area contributed by atoms with Gasteiger partial charge in [0.15, 0.2) is 11.2 Å². The average molecular weight is 450 g/mol. The highest BCUT2D eigenvalue weighted by molar-refractivity contribution is 9.10. The molecular weight excluding hydrogens is 430 g/mol. The summed E-state index contributed by atoms with van der Waals surface area (Å²) in [5.41, 5.74) is 0.438. The van der Waals surface area contributed by atoms with E-state index in [1.165, 1.54) is 18.7 Å². The zero-order valence-corrected chi connectivity index (χ0v) is 17.1. The number of hydrogen-bond acceptors (Lipinski definition) is 5. The van der Waals surface area contributed by atoms with Crippen LogP contribution in [0, 0.1) is 0 Å². The minimum absolute atomic E-state index is 0.0833. The van der Waals surface area contributed by atoms with Crippen LogP contribution in [0.15, 0.2) is 38.3 Å². The van der Waals surface area contributed by atoms with Crippen LogP contribution in [-0.4, -0.2) is 42.9 Å². The van der Waals surface area contributed by atoms with Crippen LogP contribution in [0.5, 0.6) is 0 Å². The molecule has 0 atom stereocenters. The van der Waals surface area contributed by atoms with Crippen molar-refractivity contribution in [1.29, 1.82) is 0 Å². The van der Waals surface area contributed by atoms with E-state index >= 15 is 0 Å². The lowest BCUT2D eigenvalue weighted by molar-refractivity contribution is -0.120. The van der Waals surface area contributed by atoms with Gasteiger partial charge < -0.3 is 15.0 Å². The summed E-state index contributed by atoms with van der Waals surface area (Å²) in [6, 6.07) is 7.58. The molecule has 0 aliphatic rings. The van der Waals surface area contributed by atoms with Crippen molar-refractivity contribution < 1.29 is 9.90 Å². The van der Waals surface area contributed by atoms with Crippen LogP contribution >= 0.6 is 15.9 Å². The molecule has 0 saturated carbocycles. The maximum atomic E-state index is 12.8. The van der Waals surface area contributed by atoms with Gasteiger partial charge in [0.1, 0.15) is 5.82 Å². The van der Waals surface area contributed by atoms with Crippen LogP contribution in [0.2, 0.25) is 0 Å². The first-order valence-corrected chi connectivity index (χ1v) is 9.40. The number of halogens is 1. The second kappa shape index (κ2) is 8.11. The molecule has 28 heavy (non-hydrogen) atoms. The summed E-state index contributed by atoms with van der Waals surface area (Å²) < 4.78 is 4.87. The molecule has 0 unspecified atom stereocenters. The van der Waals surface area contributed by atoms with Crippen molar-refractivity contribution in [2.24, 2.45) is 14.1 Å². The number of benzene rings is 1. The number of carbonyl (C=O) groups excluding carboxylic acids is 1. The third kappa shape index (κ3) is 3.78. The van der Waals surface area contributed by atoms with E-state index in [0.29, 0.717) is 12.4 Å². The van der Waals surface area contributed by atoms with Gasteiger partial charge >= 0.3 is 5.69 Å². The molecule has 1 aromatic carbocycles. The van der Waals surface area contributed by atoms with Crippen molar-refractivity contribution in [3.8, 4) is 0 Å². The summed E-state index contributed by atoms with van der Waals surface area (Å²) >= 11 is 3.43. The third-order valence-corrected chi connectivity index (χ3v) is 4.90. The Bertz CT molecular complexity index is 1160. The molecule has 148 valence electrons. The van der Waals surface area contributed by atoms with Gasteiger partial charge in [-0.25, -0.2) is 9.78 Å². The molecule has 0 aliphatic carbocycles. The van der Waals surface area contributed by atoms with E-state index in [0.717, 1.165) is 14.6 Å². The van der Waals surface area contributed by atoms with E-state index < -0.39 is 11.2 Å². The normalized spacial score (nSPS) is 11.1. The monoisotopic (exact) mass is 449 g/mol. The highest BCUT2D eigenvalue weighted by Crippen LogP contribution is 2.17. The Morgan fingerprint density at radius 2 is 2.00 bits per heavy atom. The lowest BCUT2D eigenvalue weighted by Gasteiger charge is -2.10. The number of nitrogens with zero attached hydrogens (tertiary/aromatic N) is 4. The number of aliphatic hydroxyl groups excluding tert-OH is 1. The standard InChI is InChI=1S/C18H20BrN5O4/c1-22-16-15(17(27)23(2)18(22)28)24(10-11-4-3-5-12(19)8-11)13(21-16)9-14(26)20-6-7-25/h3-5,8,25H,6-7,9-10H2,1-2H3,(H,20,26). The number of aliphatic hydroxyl groups is 1. The molecule has 2 N–H and O–H groups in total. The number of carbonyl (C=O) groups is 1. The van der Waals surface area contributed by atoms with Crippen molar-refractivity contribution in [3.63, 3.8) is 0 Å². The van der Waals surface area contributed by atoms with Crippen LogP contribution < -0.4 is 16.6 Å². The first kappa shape index (κ1) is 20.0. The van der Waals surface area contributed by atoms with Crippen LogP contribution in [-0.2, 0) is 31.9 Å². The number of imidazole rings is 1. The lowest BCUT2D eigenvalue weighted by Crippen LogP contribution is -2.37. The van der Waals surface area contributed by atoms with Gasteiger partial charge in [-0.1, -0.05) is 28.1 Å². The number of rotatable bonds is 6. The summed E-state index contributed by atoms with van der Waals surface area (Å²) in [6.07, 6.45) is -0.0833. The molecule has 0 spiro atoms. The maximum Gasteiger partial charge on any atom is 0.332 e. The maximum absolute atomic E-state index is 12.8. The van der Waals surface area contributed by atoms with Gasteiger partial charge in [-0.15, -0.1) is 0 Å². The van der Waals surface area contributed by atoms with Crippen LogP contribution in [0.4, 0.5) is 0 Å². The van der Waals surface area contributed by atoms with E-state index in [1.54, 1.807) is 4.57 Å². The van der Waals surface area contributed by atoms with Crippen molar-refractivity contribution in [2.75, 3.05) is 13.2 Å². The smallest absolute Gasteiger partial charge is 0.332 e. The summed E-state index contributed by atoms with van der Waals surface area (Å²) in [7, 11) is 2.95. The number of amides is 1. The lowest BCUT2D eigenvalue weighted by atomic mass is 10.2. The molecule has 2 heterocycles. The fourth-order valence-electron chi connectivity index (χ4n) is 3.02. The molecule has 0 bridgehead atoms. The Hall–Kier alpha value is -2.72. The first-order chi connectivity index (χ1) is 13.3. The van der Waals surface area contributed by atoms with Crippen LogP contribution in [0.1, 0.15) is 11.4 Å². The quantitative estimate of drug-likeness (QED) is 0.545. The first-order valence-electron chi connectivity index (χ1n) is 8.60. The molecule has 10 heteroatoms. The van der Waals surface area contributed by atoms with Crippen molar-refractivity contribution >= 4 is 33.0 Å². The second-order valence-electron chi connectivity index (χ2n) is 6.37. The van der Waals surface area contributed by atoms with Gasteiger partial charge in [0.25, 0.3) is 5.56 Å². The highest BCUT2D eigenvalue weighted by atomic mass is 79.9. The van der Waals surface area contributed by atoms with E-state index in [2.05, 4.69) is 26.2 Å². The van der Waals surface area contributed by atoms with Crippen molar-refractivity contribution in [3.05, 3.63) is 61.0 Å². The Morgan fingerprint density at radius 1 is 1.25 bits per heavy atom. The fourth-order valence-corrected chi connectivity index (χ4v) is 3.46. The van der Waals surface area contributed by atoms with E-state index in [4.69, 9.17) is 5.11 Å². The molecule has 9 nitrogen and oxygen atoms in total. The summed E-state index contributed by atoms with van der Waals surface area (Å²) in [6.45, 7) is 0.270. The number of nitrogens with one attached hydrogen (secondary N) is 1. The number of hydrogen-bond donors (Lipinski definition) is 2. The minimum atomic E-state index is -0.485. The molecule has 0 fully saturated rings. The molecule has 2 aromatic heterocycles. The predicted molar refractivity (Wildman–Crippen MR) is 107 cm³/mol. The fraction of sp³-hybridized carbons (Fsp3) is 0.333. The number of aromatic nitrogens is 4. The molecule has 0 saturated heterocycles. The van der Waals surface area contributed by atoms with Crippen LogP contribution in [0.3, 0.4) is 0 Å². The Kier molecular flexibility index (Phi) is 5.80. The SMILES string of the molecule is Cn1c(=O)c2c(nc(CC(=O)NCCO)n2Cc2cccc(Br)c2)n(C)c1=O.